The Labute approximate surface area is 120 Å². The van der Waals surface area contributed by atoms with Gasteiger partial charge in [0.1, 0.15) is 11.3 Å². The maximum Gasteiger partial charge on any atom is 0.134 e. The molecule has 1 aliphatic carbocycles. The fourth-order valence-electron chi connectivity index (χ4n) is 3.49. The molecule has 1 heterocycles. The third-order valence-electron chi connectivity index (χ3n) is 4.99. The molecule has 108 valence electrons. The van der Waals surface area contributed by atoms with E-state index in [0.717, 1.165) is 24.2 Å². The van der Waals surface area contributed by atoms with Crippen LogP contribution in [0.2, 0.25) is 0 Å². The van der Waals surface area contributed by atoms with E-state index in [4.69, 9.17) is 4.42 Å². The summed E-state index contributed by atoms with van der Waals surface area (Å²) in [7, 11) is 0. The molecule has 0 bridgehead atoms. The van der Waals surface area contributed by atoms with Crippen LogP contribution in [0.25, 0.3) is 11.0 Å². The molecule has 1 N–H and O–H groups in total. The van der Waals surface area contributed by atoms with Gasteiger partial charge in [-0.2, -0.15) is 0 Å². The Morgan fingerprint density at radius 1 is 1.40 bits per heavy atom. The topological polar surface area (TPSA) is 33.4 Å². The molecule has 1 saturated carbocycles. The van der Waals surface area contributed by atoms with Gasteiger partial charge >= 0.3 is 0 Å². The van der Waals surface area contributed by atoms with Gasteiger partial charge in [-0.25, -0.2) is 0 Å². The zero-order valence-electron chi connectivity index (χ0n) is 12.9. The number of aliphatic hydroxyl groups is 1. The number of hydrogen-bond acceptors (Lipinski definition) is 2. The lowest BCUT2D eigenvalue weighted by Gasteiger charge is -2.12. The van der Waals surface area contributed by atoms with Crippen LogP contribution in [0.4, 0.5) is 0 Å². The first-order valence-corrected chi connectivity index (χ1v) is 7.68. The van der Waals surface area contributed by atoms with E-state index in [2.05, 4.69) is 45.9 Å². The Balaban J connectivity index is 2.13. The van der Waals surface area contributed by atoms with Crippen molar-refractivity contribution in [2.45, 2.75) is 51.9 Å². The van der Waals surface area contributed by atoms with E-state index >= 15 is 0 Å². The molecule has 1 aliphatic rings. The second-order valence-corrected chi connectivity index (χ2v) is 6.66. The lowest BCUT2D eigenvalue weighted by Crippen LogP contribution is -2.06. The van der Waals surface area contributed by atoms with Crippen molar-refractivity contribution in [1.29, 1.82) is 0 Å². The first-order chi connectivity index (χ1) is 9.51. The van der Waals surface area contributed by atoms with Crippen LogP contribution in [-0.2, 0) is 11.8 Å². The van der Waals surface area contributed by atoms with Crippen molar-refractivity contribution in [3.63, 3.8) is 0 Å². The van der Waals surface area contributed by atoms with E-state index in [1.165, 1.54) is 16.5 Å². The third kappa shape index (κ3) is 1.89. The van der Waals surface area contributed by atoms with Gasteiger partial charge in [0.15, 0.2) is 0 Å². The summed E-state index contributed by atoms with van der Waals surface area (Å²) in [5.41, 5.74) is 3.85. The summed E-state index contributed by atoms with van der Waals surface area (Å²) < 4.78 is 6.00. The van der Waals surface area contributed by atoms with Crippen LogP contribution in [0.1, 0.15) is 56.9 Å². The van der Waals surface area contributed by atoms with Gasteiger partial charge in [-0.15, -0.1) is 0 Å². The zero-order chi connectivity index (χ0) is 14.5. The highest BCUT2D eigenvalue weighted by Gasteiger charge is 2.50. The fourth-order valence-corrected chi connectivity index (χ4v) is 3.49. The fraction of sp³-hybridized carbons (Fsp3) is 0.556. The van der Waals surface area contributed by atoms with Gasteiger partial charge in [0.2, 0.25) is 0 Å². The molecule has 0 aliphatic heterocycles. The predicted molar refractivity (Wildman–Crippen MR) is 82.2 cm³/mol. The van der Waals surface area contributed by atoms with Crippen molar-refractivity contribution < 1.29 is 9.52 Å². The average Bonchev–Trinajstić information content (AvgIpc) is 2.97. The first-order valence-electron chi connectivity index (χ1n) is 7.68. The molecule has 20 heavy (non-hydrogen) atoms. The molecule has 2 aromatic rings. The molecule has 3 rings (SSSR count). The largest absolute Gasteiger partial charge is 0.461 e. The minimum atomic E-state index is 0.154. The number of aliphatic hydroxyl groups excluding tert-OH is 1. The summed E-state index contributed by atoms with van der Waals surface area (Å²) in [6, 6.07) is 6.57. The summed E-state index contributed by atoms with van der Waals surface area (Å²) >= 11 is 0. The number of aryl methyl sites for hydroxylation is 1. The van der Waals surface area contributed by atoms with Gasteiger partial charge in [-0.05, 0) is 41.4 Å². The van der Waals surface area contributed by atoms with E-state index in [-0.39, 0.29) is 12.0 Å². The SMILES string of the molecule is CCc1oc2ccc([C@@]3(C)C[C@H]3CO)cc2c1C(C)C. The monoisotopic (exact) mass is 272 g/mol. The quantitative estimate of drug-likeness (QED) is 0.895. The highest BCUT2D eigenvalue weighted by atomic mass is 16.3. The lowest BCUT2D eigenvalue weighted by molar-refractivity contribution is 0.265. The van der Waals surface area contributed by atoms with Crippen molar-refractivity contribution in [1.82, 2.24) is 0 Å². The molecule has 0 saturated heterocycles. The van der Waals surface area contributed by atoms with Crippen molar-refractivity contribution in [2.24, 2.45) is 5.92 Å². The van der Waals surface area contributed by atoms with Crippen LogP contribution in [0.5, 0.6) is 0 Å². The molecular formula is C18H24O2. The summed E-state index contributed by atoms with van der Waals surface area (Å²) in [6.07, 6.45) is 2.03. The van der Waals surface area contributed by atoms with Gasteiger partial charge in [0, 0.05) is 24.0 Å². The maximum atomic E-state index is 9.38. The number of furan rings is 1. The van der Waals surface area contributed by atoms with Crippen LogP contribution in [0.3, 0.4) is 0 Å². The Hall–Kier alpha value is -1.28. The minimum absolute atomic E-state index is 0.154. The van der Waals surface area contributed by atoms with Gasteiger partial charge in [0.25, 0.3) is 0 Å². The van der Waals surface area contributed by atoms with Gasteiger partial charge < -0.3 is 9.52 Å². The van der Waals surface area contributed by atoms with Crippen molar-refractivity contribution >= 4 is 11.0 Å². The molecule has 0 spiro atoms. The van der Waals surface area contributed by atoms with Crippen LogP contribution < -0.4 is 0 Å². The average molecular weight is 272 g/mol. The molecule has 0 amide bonds. The Morgan fingerprint density at radius 2 is 2.15 bits per heavy atom. The van der Waals surface area contributed by atoms with E-state index < -0.39 is 0 Å². The standard InChI is InChI=1S/C18H24O2/c1-5-15-17(11(2)3)14-8-12(6-7-16(14)20-15)18(4)9-13(18)10-19/h6-8,11,13,19H,5,9-10H2,1-4H3/t13-,18+/m0/s1. The molecular weight excluding hydrogens is 248 g/mol. The van der Waals surface area contributed by atoms with Gasteiger partial charge in [-0.1, -0.05) is 33.8 Å². The minimum Gasteiger partial charge on any atom is -0.461 e. The van der Waals surface area contributed by atoms with E-state index in [1.807, 2.05) is 0 Å². The van der Waals surface area contributed by atoms with Crippen molar-refractivity contribution in [2.75, 3.05) is 6.61 Å². The van der Waals surface area contributed by atoms with Gasteiger partial charge in [-0.3, -0.25) is 0 Å². The molecule has 2 nitrogen and oxygen atoms in total. The van der Waals surface area contributed by atoms with Crippen LogP contribution >= 0.6 is 0 Å². The number of benzene rings is 1. The highest BCUT2D eigenvalue weighted by Crippen LogP contribution is 2.54. The Morgan fingerprint density at radius 3 is 2.70 bits per heavy atom. The van der Waals surface area contributed by atoms with Gasteiger partial charge in [0.05, 0.1) is 0 Å². The molecule has 1 aromatic heterocycles. The van der Waals surface area contributed by atoms with E-state index in [9.17, 15) is 5.11 Å². The second-order valence-electron chi connectivity index (χ2n) is 6.66. The Bertz CT molecular complexity index is 638. The van der Waals surface area contributed by atoms with Crippen LogP contribution in [0.15, 0.2) is 22.6 Å². The summed E-state index contributed by atoms with van der Waals surface area (Å²) in [6.45, 7) is 9.15. The zero-order valence-corrected chi connectivity index (χ0v) is 12.9. The lowest BCUT2D eigenvalue weighted by atomic mass is 9.91. The van der Waals surface area contributed by atoms with Crippen LogP contribution in [0, 0.1) is 5.92 Å². The second kappa shape index (κ2) is 4.63. The summed E-state index contributed by atoms with van der Waals surface area (Å²) in [5.74, 6) is 2.01. The summed E-state index contributed by atoms with van der Waals surface area (Å²) in [4.78, 5) is 0. The highest BCUT2D eigenvalue weighted by molar-refractivity contribution is 5.84. The first kappa shape index (κ1) is 13.7. The number of fused-ring (bicyclic) bond motifs is 1. The molecule has 2 heteroatoms. The third-order valence-corrected chi connectivity index (χ3v) is 4.99. The summed E-state index contributed by atoms with van der Waals surface area (Å²) in [5, 5.41) is 10.6. The molecule has 1 aromatic carbocycles. The Kier molecular flexibility index (Phi) is 3.17. The van der Waals surface area contributed by atoms with Crippen LogP contribution in [-0.4, -0.2) is 11.7 Å². The smallest absolute Gasteiger partial charge is 0.134 e. The van der Waals surface area contributed by atoms with Crippen molar-refractivity contribution in [3.8, 4) is 0 Å². The molecule has 0 radical (unpaired) electrons. The molecule has 1 fully saturated rings. The predicted octanol–water partition coefficient (Wildman–Crippen LogP) is 4.39. The molecule has 2 atom stereocenters. The van der Waals surface area contributed by atoms with E-state index in [0.29, 0.717) is 11.8 Å². The number of rotatable bonds is 4. The number of hydrogen-bond donors (Lipinski definition) is 1. The van der Waals surface area contributed by atoms with E-state index in [1.54, 1.807) is 0 Å². The van der Waals surface area contributed by atoms with Crippen molar-refractivity contribution in [3.05, 3.63) is 35.1 Å². The molecule has 0 unspecified atom stereocenters. The maximum absolute atomic E-state index is 9.38. The normalized spacial score (nSPS) is 25.6.